The predicted molar refractivity (Wildman–Crippen MR) is 87.0 cm³/mol. The number of methoxy groups -OCH3 is 1. The number of halogens is 1. The summed E-state index contributed by atoms with van der Waals surface area (Å²) in [5.41, 5.74) is 1.33. The van der Waals surface area contributed by atoms with Crippen LogP contribution in [0.3, 0.4) is 0 Å². The van der Waals surface area contributed by atoms with Crippen molar-refractivity contribution in [3.05, 3.63) is 28.8 Å². The molecule has 1 N–H and O–H groups in total. The summed E-state index contributed by atoms with van der Waals surface area (Å²) >= 11 is 5.99. The number of carbonyl (C=O) groups is 1. The quantitative estimate of drug-likeness (QED) is 0.815. The lowest BCUT2D eigenvalue weighted by atomic mass is 9.79. The minimum absolute atomic E-state index is 0.351. The maximum absolute atomic E-state index is 11.9. The van der Waals surface area contributed by atoms with Gasteiger partial charge in [-0.3, -0.25) is 0 Å². The molecule has 1 aliphatic rings. The van der Waals surface area contributed by atoms with Crippen LogP contribution in [0.15, 0.2) is 18.2 Å². The van der Waals surface area contributed by atoms with Gasteiger partial charge >= 0.3 is 5.97 Å². The van der Waals surface area contributed by atoms with Crippen molar-refractivity contribution in [1.29, 1.82) is 0 Å². The zero-order chi connectivity index (χ0) is 15.4. The maximum atomic E-state index is 11.9. The molecule has 1 aliphatic carbocycles. The molecule has 4 heteroatoms. The average molecular weight is 310 g/mol. The largest absolute Gasteiger partial charge is 0.465 e. The van der Waals surface area contributed by atoms with Crippen LogP contribution < -0.4 is 5.32 Å². The molecule has 1 saturated carbocycles. The van der Waals surface area contributed by atoms with E-state index >= 15 is 0 Å². The summed E-state index contributed by atoms with van der Waals surface area (Å²) in [6, 6.07) is 5.75. The number of esters is 1. The SMILES string of the molecule is COC(=O)c1cc(Cl)ccc1NC1CCCC(C(C)C)C1. The summed E-state index contributed by atoms with van der Waals surface area (Å²) in [7, 11) is 1.39. The van der Waals surface area contributed by atoms with E-state index in [1.807, 2.05) is 6.07 Å². The summed E-state index contributed by atoms with van der Waals surface area (Å²) in [6.45, 7) is 4.57. The van der Waals surface area contributed by atoms with E-state index in [4.69, 9.17) is 16.3 Å². The van der Waals surface area contributed by atoms with Gasteiger partial charge in [-0.2, -0.15) is 0 Å². The second kappa shape index (κ2) is 7.17. The first-order chi connectivity index (χ1) is 10.0. The van der Waals surface area contributed by atoms with E-state index in [1.165, 1.54) is 20.0 Å². The molecule has 0 aliphatic heterocycles. The van der Waals surface area contributed by atoms with Gasteiger partial charge in [0.25, 0.3) is 0 Å². The van der Waals surface area contributed by atoms with Crippen LogP contribution in [0.25, 0.3) is 0 Å². The van der Waals surface area contributed by atoms with Crippen molar-refractivity contribution in [3.8, 4) is 0 Å². The van der Waals surface area contributed by atoms with Crippen LogP contribution in [0, 0.1) is 11.8 Å². The summed E-state index contributed by atoms with van der Waals surface area (Å²) in [5, 5.41) is 4.06. The van der Waals surface area contributed by atoms with Crippen molar-refractivity contribution in [1.82, 2.24) is 0 Å². The molecule has 0 aromatic heterocycles. The lowest BCUT2D eigenvalue weighted by Crippen LogP contribution is -2.30. The molecule has 2 rings (SSSR count). The Hall–Kier alpha value is -1.22. The molecule has 21 heavy (non-hydrogen) atoms. The monoisotopic (exact) mass is 309 g/mol. The number of carbonyl (C=O) groups excluding carboxylic acids is 1. The lowest BCUT2D eigenvalue weighted by molar-refractivity contribution is 0.0601. The fourth-order valence-electron chi connectivity index (χ4n) is 3.11. The van der Waals surface area contributed by atoms with Crippen LogP contribution >= 0.6 is 11.6 Å². The molecule has 0 spiro atoms. The van der Waals surface area contributed by atoms with Gasteiger partial charge in [0.1, 0.15) is 0 Å². The van der Waals surface area contributed by atoms with Gasteiger partial charge in [-0.25, -0.2) is 4.79 Å². The first-order valence-electron chi connectivity index (χ1n) is 7.65. The van der Waals surface area contributed by atoms with Gasteiger partial charge in [0.05, 0.1) is 12.7 Å². The van der Waals surface area contributed by atoms with Gasteiger partial charge in [-0.05, 0) is 42.9 Å². The molecule has 116 valence electrons. The third kappa shape index (κ3) is 4.13. The summed E-state index contributed by atoms with van der Waals surface area (Å²) in [5.74, 6) is 1.11. The van der Waals surface area contributed by atoms with Crippen molar-refractivity contribution in [2.75, 3.05) is 12.4 Å². The summed E-state index contributed by atoms with van der Waals surface area (Å²) in [6.07, 6.45) is 4.84. The number of hydrogen-bond acceptors (Lipinski definition) is 3. The molecule has 2 atom stereocenters. The lowest BCUT2D eigenvalue weighted by Gasteiger charge is -2.33. The zero-order valence-corrected chi connectivity index (χ0v) is 13.7. The molecule has 1 aromatic rings. The zero-order valence-electron chi connectivity index (χ0n) is 13.0. The first kappa shape index (κ1) is 16.2. The van der Waals surface area contributed by atoms with E-state index in [2.05, 4.69) is 19.2 Å². The van der Waals surface area contributed by atoms with Crippen molar-refractivity contribution < 1.29 is 9.53 Å². The Morgan fingerprint density at radius 2 is 2.14 bits per heavy atom. The van der Waals surface area contributed by atoms with E-state index < -0.39 is 0 Å². The van der Waals surface area contributed by atoms with Crippen LogP contribution in [-0.4, -0.2) is 19.1 Å². The number of benzene rings is 1. The second-order valence-corrected chi connectivity index (χ2v) is 6.63. The predicted octanol–water partition coefficient (Wildman–Crippen LogP) is 4.75. The number of nitrogens with one attached hydrogen (secondary N) is 1. The van der Waals surface area contributed by atoms with E-state index in [-0.39, 0.29) is 5.97 Å². The number of anilines is 1. The Morgan fingerprint density at radius 1 is 1.38 bits per heavy atom. The molecule has 0 heterocycles. The van der Waals surface area contributed by atoms with Crippen molar-refractivity contribution in [3.63, 3.8) is 0 Å². The first-order valence-corrected chi connectivity index (χ1v) is 8.03. The van der Waals surface area contributed by atoms with Crippen LogP contribution in [0.4, 0.5) is 5.69 Å². The minimum atomic E-state index is -0.351. The minimum Gasteiger partial charge on any atom is -0.465 e. The van der Waals surface area contributed by atoms with E-state index in [1.54, 1.807) is 12.1 Å². The molecule has 2 unspecified atom stereocenters. The highest BCUT2D eigenvalue weighted by molar-refractivity contribution is 6.31. The molecule has 0 bridgehead atoms. The van der Waals surface area contributed by atoms with Crippen LogP contribution in [0.1, 0.15) is 49.9 Å². The molecule has 0 saturated heterocycles. The normalized spacial score (nSPS) is 22.1. The molecular formula is C17H24ClNO2. The Bertz CT molecular complexity index is 502. The average Bonchev–Trinajstić information content (AvgIpc) is 2.48. The van der Waals surface area contributed by atoms with E-state index in [9.17, 15) is 4.79 Å². The Morgan fingerprint density at radius 3 is 2.81 bits per heavy atom. The standard InChI is InChI=1S/C17H24ClNO2/c1-11(2)12-5-4-6-14(9-12)19-16-8-7-13(18)10-15(16)17(20)21-3/h7-8,10-12,14,19H,4-6,9H2,1-3H3. The Kier molecular flexibility index (Phi) is 5.51. The maximum Gasteiger partial charge on any atom is 0.340 e. The van der Waals surface area contributed by atoms with Gasteiger partial charge in [0, 0.05) is 16.8 Å². The highest BCUT2D eigenvalue weighted by Gasteiger charge is 2.25. The van der Waals surface area contributed by atoms with Gasteiger partial charge in [0.2, 0.25) is 0 Å². The van der Waals surface area contributed by atoms with Crippen molar-refractivity contribution in [2.45, 2.75) is 45.6 Å². The molecule has 1 fully saturated rings. The number of rotatable bonds is 4. The highest BCUT2D eigenvalue weighted by Crippen LogP contribution is 2.32. The Balaban J connectivity index is 2.13. The fourth-order valence-corrected chi connectivity index (χ4v) is 3.28. The van der Waals surface area contributed by atoms with Gasteiger partial charge in [0.15, 0.2) is 0 Å². The van der Waals surface area contributed by atoms with Gasteiger partial charge in [-0.1, -0.05) is 38.3 Å². The third-order valence-electron chi connectivity index (χ3n) is 4.40. The molecule has 3 nitrogen and oxygen atoms in total. The molecule has 1 aromatic carbocycles. The highest BCUT2D eigenvalue weighted by atomic mass is 35.5. The topological polar surface area (TPSA) is 38.3 Å². The fraction of sp³-hybridized carbons (Fsp3) is 0.588. The van der Waals surface area contributed by atoms with Crippen LogP contribution in [-0.2, 0) is 4.74 Å². The van der Waals surface area contributed by atoms with Crippen LogP contribution in [0.5, 0.6) is 0 Å². The smallest absolute Gasteiger partial charge is 0.340 e. The molecule has 0 amide bonds. The van der Waals surface area contributed by atoms with Crippen LogP contribution in [0.2, 0.25) is 5.02 Å². The van der Waals surface area contributed by atoms with E-state index in [0.717, 1.165) is 24.4 Å². The van der Waals surface area contributed by atoms with Gasteiger partial charge in [-0.15, -0.1) is 0 Å². The molecule has 0 radical (unpaired) electrons. The number of ether oxygens (including phenoxy) is 1. The Labute approximate surface area is 132 Å². The van der Waals surface area contributed by atoms with Gasteiger partial charge < -0.3 is 10.1 Å². The number of hydrogen-bond donors (Lipinski definition) is 1. The van der Waals surface area contributed by atoms with E-state index in [0.29, 0.717) is 22.5 Å². The second-order valence-electron chi connectivity index (χ2n) is 6.19. The summed E-state index contributed by atoms with van der Waals surface area (Å²) in [4.78, 5) is 11.9. The molecular weight excluding hydrogens is 286 g/mol. The summed E-state index contributed by atoms with van der Waals surface area (Å²) < 4.78 is 4.84. The van der Waals surface area contributed by atoms with Crippen molar-refractivity contribution >= 4 is 23.3 Å². The third-order valence-corrected chi connectivity index (χ3v) is 4.64. The van der Waals surface area contributed by atoms with Crippen molar-refractivity contribution in [2.24, 2.45) is 11.8 Å².